The maximum absolute atomic E-state index is 11.4. The van der Waals surface area contributed by atoms with Crippen LogP contribution in [0.4, 0.5) is 5.69 Å². The number of ketones is 1. The zero-order valence-electron chi connectivity index (χ0n) is 9.78. The van der Waals surface area contributed by atoms with Crippen LogP contribution in [0.2, 0.25) is 0 Å². The zero-order chi connectivity index (χ0) is 12.4. The molecule has 0 aromatic heterocycles. The van der Waals surface area contributed by atoms with Crippen molar-refractivity contribution in [1.82, 2.24) is 0 Å². The van der Waals surface area contributed by atoms with Crippen LogP contribution in [0.1, 0.15) is 12.5 Å². The van der Waals surface area contributed by atoms with Crippen molar-refractivity contribution < 1.29 is 9.59 Å². The van der Waals surface area contributed by atoms with Crippen molar-refractivity contribution in [3.05, 3.63) is 42.0 Å². The Morgan fingerprint density at radius 1 is 1.06 bits per heavy atom. The van der Waals surface area contributed by atoms with E-state index < -0.39 is 11.7 Å². The predicted octanol–water partition coefficient (Wildman–Crippen LogP) is 2.68. The van der Waals surface area contributed by atoms with Crippen molar-refractivity contribution in [3.63, 3.8) is 0 Å². The van der Waals surface area contributed by atoms with Crippen LogP contribution < -0.4 is 5.32 Å². The van der Waals surface area contributed by atoms with Crippen molar-refractivity contribution in [3.8, 4) is 0 Å². The van der Waals surface area contributed by atoms with Crippen LogP contribution in [0.5, 0.6) is 0 Å². The molecule has 0 unspecified atom stereocenters. The summed E-state index contributed by atoms with van der Waals surface area (Å²) in [6.07, 6.45) is 0. The summed E-state index contributed by atoms with van der Waals surface area (Å²) >= 11 is 0. The number of carbonyl (C=O) groups excluding carboxylic acids is 2. The normalized spacial score (nSPS) is 10.2. The van der Waals surface area contributed by atoms with Gasteiger partial charge >= 0.3 is 0 Å². The van der Waals surface area contributed by atoms with Crippen molar-refractivity contribution in [2.45, 2.75) is 13.8 Å². The zero-order valence-corrected chi connectivity index (χ0v) is 9.78. The number of benzene rings is 2. The summed E-state index contributed by atoms with van der Waals surface area (Å²) in [5.74, 6) is -1.07. The fourth-order valence-electron chi connectivity index (χ4n) is 1.75. The molecule has 3 heteroatoms. The molecule has 0 heterocycles. The lowest BCUT2D eigenvalue weighted by molar-refractivity contribution is -0.133. The van der Waals surface area contributed by atoms with Gasteiger partial charge in [-0.1, -0.05) is 36.4 Å². The summed E-state index contributed by atoms with van der Waals surface area (Å²) in [5, 5.41) is 4.65. The van der Waals surface area contributed by atoms with Gasteiger partial charge in [0.1, 0.15) is 0 Å². The van der Waals surface area contributed by atoms with Gasteiger partial charge in [0.15, 0.2) is 0 Å². The molecule has 0 atom stereocenters. The van der Waals surface area contributed by atoms with Gasteiger partial charge in [-0.15, -0.1) is 0 Å². The number of fused-ring (bicyclic) bond motifs is 1. The highest BCUT2D eigenvalue weighted by atomic mass is 16.2. The lowest BCUT2D eigenvalue weighted by atomic mass is 10.0. The molecule has 0 aliphatic carbocycles. The number of anilines is 1. The molecule has 0 saturated heterocycles. The Kier molecular flexibility index (Phi) is 2.91. The summed E-state index contributed by atoms with van der Waals surface area (Å²) in [6, 6.07) is 11.7. The fraction of sp³-hybridized carbons (Fsp3) is 0.143. The van der Waals surface area contributed by atoms with E-state index in [4.69, 9.17) is 0 Å². The Hall–Kier alpha value is -2.16. The van der Waals surface area contributed by atoms with E-state index in [0.717, 1.165) is 16.3 Å². The molecule has 2 aromatic rings. The van der Waals surface area contributed by atoms with Gasteiger partial charge in [0.25, 0.3) is 5.91 Å². The van der Waals surface area contributed by atoms with Crippen molar-refractivity contribution >= 4 is 28.2 Å². The minimum absolute atomic E-state index is 0.489. The molecule has 2 rings (SSSR count). The molecule has 1 amide bonds. The number of aryl methyl sites for hydroxylation is 1. The van der Waals surface area contributed by atoms with Gasteiger partial charge in [0.2, 0.25) is 5.78 Å². The van der Waals surface area contributed by atoms with E-state index in [0.29, 0.717) is 5.69 Å². The topological polar surface area (TPSA) is 46.2 Å². The van der Waals surface area contributed by atoms with E-state index in [1.54, 1.807) is 0 Å². The van der Waals surface area contributed by atoms with Crippen LogP contribution in [0, 0.1) is 6.92 Å². The second kappa shape index (κ2) is 4.37. The lowest BCUT2D eigenvalue weighted by Crippen LogP contribution is -2.20. The molecule has 2 aromatic carbocycles. The predicted molar refractivity (Wildman–Crippen MR) is 68.0 cm³/mol. The average molecular weight is 227 g/mol. The summed E-state index contributed by atoms with van der Waals surface area (Å²) in [6.45, 7) is 3.16. The SMILES string of the molecule is CC(=O)C(=O)Nc1c(C)ccc2ccccc12. The first-order valence-electron chi connectivity index (χ1n) is 5.40. The maximum Gasteiger partial charge on any atom is 0.291 e. The lowest BCUT2D eigenvalue weighted by Gasteiger charge is -2.10. The smallest absolute Gasteiger partial charge is 0.291 e. The molecule has 0 saturated carbocycles. The first kappa shape index (κ1) is 11.3. The maximum atomic E-state index is 11.4. The van der Waals surface area contributed by atoms with Gasteiger partial charge in [-0.3, -0.25) is 9.59 Å². The third-order valence-corrected chi connectivity index (χ3v) is 2.70. The van der Waals surface area contributed by atoms with Crippen LogP contribution in [-0.4, -0.2) is 11.7 Å². The standard InChI is InChI=1S/C14H13NO2/c1-9-7-8-11-5-3-4-6-12(11)13(9)15-14(17)10(2)16/h3-8H,1-2H3,(H,15,17). The molecular formula is C14H13NO2. The molecular weight excluding hydrogens is 214 g/mol. The second-order valence-corrected chi connectivity index (χ2v) is 3.99. The molecule has 0 spiro atoms. The Balaban J connectivity index is 2.55. The number of hydrogen-bond donors (Lipinski definition) is 1. The van der Waals surface area contributed by atoms with E-state index in [2.05, 4.69) is 5.32 Å². The third kappa shape index (κ3) is 2.18. The molecule has 3 nitrogen and oxygen atoms in total. The van der Waals surface area contributed by atoms with Gasteiger partial charge < -0.3 is 5.32 Å². The number of amides is 1. The molecule has 0 bridgehead atoms. The highest BCUT2D eigenvalue weighted by Gasteiger charge is 2.11. The Labute approximate surface area is 99.4 Å². The van der Waals surface area contributed by atoms with Gasteiger partial charge in [-0.05, 0) is 17.9 Å². The van der Waals surface area contributed by atoms with Gasteiger partial charge in [0.05, 0.1) is 5.69 Å². The van der Waals surface area contributed by atoms with Gasteiger partial charge in [0, 0.05) is 12.3 Å². The van der Waals surface area contributed by atoms with Crippen molar-refractivity contribution in [1.29, 1.82) is 0 Å². The third-order valence-electron chi connectivity index (χ3n) is 2.70. The average Bonchev–Trinajstić information content (AvgIpc) is 2.32. The minimum atomic E-state index is -0.579. The first-order valence-corrected chi connectivity index (χ1v) is 5.40. The van der Waals surface area contributed by atoms with Gasteiger partial charge in [-0.25, -0.2) is 0 Å². The number of Topliss-reactive ketones (excluding diaryl/α,β-unsaturated/α-hetero) is 1. The number of hydrogen-bond acceptors (Lipinski definition) is 2. The van der Waals surface area contributed by atoms with Crippen molar-refractivity contribution in [2.75, 3.05) is 5.32 Å². The Morgan fingerprint density at radius 3 is 2.47 bits per heavy atom. The Morgan fingerprint density at radius 2 is 1.76 bits per heavy atom. The number of carbonyl (C=O) groups is 2. The van der Waals surface area contributed by atoms with Crippen molar-refractivity contribution in [2.24, 2.45) is 0 Å². The van der Waals surface area contributed by atoms with E-state index >= 15 is 0 Å². The van der Waals surface area contributed by atoms with E-state index in [1.807, 2.05) is 43.3 Å². The molecule has 1 N–H and O–H groups in total. The fourth-order valence-corrected chi connectivity index (χ4v) is 1.75. The monoisotopic (exact) mass is 227 g/mol. The summed E-state index contributed by atoms with van der Waals surface area (Å²) in [4.78, 5) is 22.4. The summed E-state index contributed by atoms with van der Waals surface area (Å²) in [7, 11) is 0. The summed E-state index contributed by atoms with van der Waals surface area (Å²) < 4.78 is 0. The number of rotatable bonds is 2. The molecule has 17 heavy (non-hydrogen) atoms. The minimum Gasteiger partial charge on any atom is -0.319 e. The first-order chi connectivity index (χ1) is 8.09. The van der Waals surface area contributed by atoms with E-state index in [1.165, 1.54) is 6.92 Å². The van der Waals surface area contributed by atoms with Crippen LogP contribution in [0.3, 0.4) is 0 Å². The number of nitrogens with one attached hydrogen (secondary N) is 1. The molecule has 0 radical (unpaired) electrons. The van der Waals surface area contributed by atoms with Crippen LogP contribution in [-0.2, 0) is 9.59 Å². The molecule has 0 aliphatic heterocycles. The second-order valence-electron chi connectivity index (χ2n) is 3.99. The molecule has 0 aliphatic rings. The molecule has 0 fully saturated rings. The highest BCUT2D eigenvalue weighted by Crippen LogP contribution is 2.26. The quantitative estimate of drug-likeness (QED) is 0.802. The molecule has 86 valence electrons. The van der Waals surface area contributed by atoms with Crippen LogP contribution >= 0.6 is 0 Å². The Bertz CT molecular complexity index is 602. The van der Waals surface area contributed by atoms with E-state index in [-0.39, 0.29) is 0 Å². The van der Waals surface area contributed by atoms with E-state index in [9.17, 15) is 9.59 Å². The van der Waals surface area contributed by atoms with Crippen LogP contribution in [0.25, 0.3) is 10.8 Å². The largest absolute Gasteiger partial charge is 0.319 e. The van der Waals surface area contributed by atoms with Crippen LogP contribution in [0.15, 0.2) is 36.4 Å². The summed E-state index contributed by atoms with van der Waals surface area (Å²) in [5.41, 5.74) is 1.65. The van der Waals surface area contributed by atoms with Gasteiger partial charge in [-0.2, -0.15) is 0 Å². The highest BCUT2D eigenvalue weighted by molar-refractivity contribution is 6.40.